The van der Waals surface area contributed by atoms with Gasteiger partial charge in [-0.15, -0.1) is 11.3 Å². The lowest BCUT2D eigenvalue weighted by atomic mass is 9.95. The lowest BCUT2D eigenvalue weighted by Gasteiger charge is -2.31. The van der Waals surface area contributed by atoms with E-state index in [1.54, 1.807) is 18.3 Å². The highest BCUT2D eigenvalue weighted by Crippen LogP contribution is 2.24. The first-order valence-electron chi connectivity index (χ1n) is 6.19. The maximum absolute atomic E-state index is 11.5. The minimum Gasteiger partial charge on any atom is -0.340 e. The summed E-state index contributed by atoms with van der Waals surface area (Å²) in [7, 11) is 0. The summed E-state index contributed by atoms with van der Waals surface area (Å²) >= 11 is 1.63. The highest BCUT2D eigenvalue weighted by Gasteiger charge is 2.24. The second-order valence-corrected chi connectivity index (χ2v) is 5.64. The van der Waals surface area contributed by atoms with Crippen LogP contribution >= 0.6 is 11.3 Å². The zero-order valence-corrected chi connectivity index (χ0v) is 11.1. The Morgan fingerprint density at radius 3 is 3.28 bits per heavy atom. The van der Waals surface area contributed by atoms with E-state index in [2.05, 4.69) is 14.9 Å². The Balaban J connectivity index is 1.86. The molecule has 0 saturated carbocycles. The fourth-order valence-electron chi connectivity index (χ4n) is 2.39. The number of carbonyl (C=O) groups excluding carboxylic acids is 1. The smallest absolute Gasteiger partial charge is 0.226 e. The molecule has 1 aliphatic rings. The van der Waals surface area contributed by atoms with Crippen LogP contribution in [0.4, 0.5) is 5.95 Å². The lowest BCUT2D eigenvalue weighted by molar-refractivity contribution is -0.120. The number of piperidine rings is 1. The predicted octanol–water partition coefficient (Wildman–Crippen LogP) is 2.50. The van der Waals surface area contributed by atoms with Gasteiger partial charge in [0.15, 0.2) is 0 Å². The molecule has 0 amide bonds. The number of ketones is 1. The first kappa shape index (κ1) is 11.6. The van der Waals surface area contributed by atoms with E-state index >= 15 is 0 Å². The van der Waals surface area contributed by atoms with Crippen LogP contribution in [0.3, 0.4) is 0 Å². The van der Waals surface area contributed by atoms with Crippen molar-refractivity contribution in [3.05, 3.63) is 17.6 Å². The van der Waals surface area contributed by atoms with Crippen molar-refractivity contribution in [2.45, 2.75) is 19.8 Å². The minimum absolute atomic E-state index is 0.140. The molecule has 0 N–H and O–H groups in total. The molecule has 2 aromatic heterocycles. The number of nitrogens with zero attached hydrogens (tertiary/aromatic N) is 3. The average Bonchev–Trinajstić information content (AvgIpc) is 2.86. The molecule has 1 atom stereocenters. The first-order chi connectivity index (χ1) is 8.74. The van der Waals surface area contributed by atoms with Gasteiger partial charge in [0, 0.05) is 30.6 Å². The third kappa shape index (κ3) is 2.10. The molecule has 3 rings (SSSR count). The van der Waals surface area contributed by atoms with Crippen molar-refractivity contribution in [1.29, 1.82) is 0 Å². The second-order valence-electron chi connectivity index (χ2n) is 4.75. The van der Waals surface area contributed by atoms with Crippen LogP contribution in [0.1, 0.15) is 19.8 Å². The quantitative estimate of drug-likeness (QED) is 0.833. The molecule has 0 aliphatic carbocycles. The van der Waals surface area contributed by atoms with E-state index in [0.29, 0.717) is 0 Å². The first-order valence-corrected chi connectivity index (χ1v) is 7.07. The average molecular weight is 261 g/mol. The number of aromatic nitrogens is 2. The van der Waals surface area contributed by atoms with E-state index in [1.165, 1.54) is 0 Å². The van der Waals surface area contributed by atoms with E-state index in [4.69, 9.17) is 0 Å². The van der Waals surface area contributed by atoms with Gasteiger partial charge in [-0.2, -0.15) is 0 Å². The van der Waals surface area contributed by atoms with E-state index in [-0.39, 0.29) is 11.7 Å². The van der Waals surface area contributed by atoms with Crippen molar-refractivity contribution in [3.63, 3.8) is 0 Å². The van der Waals surface area contributed by atoms with E-state index < -0.39 is 0 Å². The highest BCUT2D eigenvalue weighted by atomic mass is 32.1. The molecule has 0 bridgehead atoms. The summed E-state index contributed by atoms with van der Waals surface area (Å²) in [6.45, 7) is 3.38. The molecule has 4 nitrogen and oxygen atoms in total. The summed E-state index contributed by atoms with van der Waals surface area (Å²) in [6.07, 6.45) is 3.90. The molecule has 2 aromatic rings. The van der Waals surface area contributed by atoms with Crippen molar-refractivity contribution < 1.29 is 4.79 Å². The number of thiophene rings is 1. The van der Waals surface area contributed by atoms with Crippen molar-refractivity contribution in [1.82, 2.24) is 9.97 Å². The molecule has 1 saturated heterocycles. The Morgan fingerprint density at radius 2 is 2.44 bits per heavy atom. The standard InChI is InChI=1S/C13H15N3OS/c1-9(17)11-3-2-5-16(8-11)13-14-7-10-4-6-18-12(10)15-13/h4,6-7,11H,2-3,5,8H2,1H3. The molecular weight excluding hydrogens is 246 g/mol. The molecule has 1 fully saturated rings. The molecule has 3 heterocycles. The van der Waals surface area contributed by atoms with Gasteiger partial charge in [-0.3, -0.25) is 4.79 Å². The highest BCUT2D eigenvalue weighted by molar-refractivity contribution is 7.16. The molecule has 0 spiro atoms. The molecule has 94 valence electrons. The Morgan fingerprint density at radius 1 is 1.56 bits per heavy atom. The number of carbonyl (C=O) groups is 1. The van der Waals surface area contributed by atoms with Crippen molar-refractivity contribution in [2.24, 2.45) is 5.92 Å². The summed E-state index contributed by atoms with van der Waals surface area (Å²) in [5.41, 5.74) is 0. The van der Waals surface area contributed by atoms with Crippen LogP contribution in [-0.2, 0) is 4.79 Å². The van der Waals surface area contributed by atoms with Crippen LogP contribution < -0.4 is 4.90 Å². The van der Waals surface area contributed by atoms with E-state index in [0.717, 1.165) is 42.1 Å². The van der Waals surface area contributed by atoms with Crippen molar-refractivity contribution in [2.75, 3.05) is 18.0 Å². The Hall–Kier alpha value is -1.49. The monoisotopic (exact) mass is 261 g/mol. The molecule has 5 heteroatoms. The van der Waals surface area contributed by atoms with Gasteiger partial charge < -0.3 is 4.90 Å². The number of rotatable bonds is 2. The minimum atomic E-state index is 0.140. The Bertz CT molecular complexity index is 580. The SMILES string of the molecule is CC(=O)C1CCCN(c2ncc3ccsc3n2)C1. The summed E-state index contributed by atoms with van der Waals surface area (Å²) in [5, 5.41) is 3.11. The molecule has 0 radical (unpaired) electrons. The van der Waals surface area contributed by atoms with Gasteiger partial charge in [0.1, 0.15) is 10.6 Å². The molecular formula is C13H15N3OS. The van der Waals surface area contributed by atoms with Crippen LogP contribution in [-0.4, -0.2) is 28.8 Å². The fourth-order valence-corrected chi connectivity index (χ4v) is 3.12. The van der Waals surface area contributed by atoms with E-state index in [9.17, 15) is 4.79 Å². The van der Waals surface area contributed by atoms with Crippen molar-refractivity contribution in [3.8, 4) is 0 Å². The number of anilines is 1. The number of Topliss-reactive ketones (excluding diaryl/α,β-unsaturated/α-hetero) is 1. The Labute approximate surface area is 110 Å². The summed E-state index contributed by atoms with van der Waals surface area (Å²) in [6, 6.07) is 2.03. The lowest BCUT2D eigenvalue weighted by Crippen LogP contribution is -2.39. The second kappa shape index (κ2) is 4.65. The summed E-state index contributed by atoms with van der Waals surface area (Å²) in [5.74, 6) is 1.18. The van der Waals surface area contributed by atoms with Gasteiger partial charge in [-0.1, -0.05) is 0 Å². The van der Waals surface area contributed by atoms with Gasteiger partial charge in [-0.05, 0) is 31.2 Å². The fraction of sp³-hybridized carbons (Fsp3) is 0.462. The van der Waals surface area contributed by atoms with Gasteiger partial charge in [0.2, 0.25) is 5.95 Å². The van der Waals surface area contributed by atoms with Gasteiger partial charge in [-0.25, -0.2) is 9.97 Å². The zero-order valence-electron chi connectivity index (χ0n) is 10.3. The van der Waals surface area contributed by atoms with Gasteiger partial charge >= 0.3 is 0 Å². The molecule has 0 aromatic carbocycles. The summed E-state index contributed by atoms with van der Waals surface area (Å²) in [4.78, 5) is 23.6. The molecule has 18 heavy (non-hydrogen) atoms. The Kier molecular flexibility index (Phi) is 2.99. The van der Waals surface area contributed by atoms with Crippen LogP contribution in [0.5, 0.6) is 0 Å². The van der Waals surface area contributed by atoms with Crippen LogP contribution in [0.25, 0.3) is 10.2 Å². The molecule has 1 unspecified atom stereocenters. The van der Waals surface area contributed by atoms with Crippen molar-refractivity contribution >= 4 is 33.3 Å². The number of hydrogen-bond donors (Lipinski definition) is 0. The molecule has 1 aliphatic heterocycles. The maximum atomic E-state index is 11.5. The zero-order chi connectivity index (χ0) is 12.5. The third-order valence-electron chi connectivity index (χ3n) is 3.47. The summed E-state index contributed by atoms with van der Waals surface area (Å²) < 4.78 is 0. The van der Waals surface area contributed by atoms with Crippen LogP contribution in [0, 0.1) is 5.92 Å². The van der Waals surface area contributed by atoms with E-state index in [1.807, 2.05) is 17.6 Å². The normalized spacial score (nSPS) is 20.3. The van der Waals surface area contributed by atoms with Gasteiger partial charge in [0.05, 0.1) is 0 Å². The maximum Gasteiger partial charge on any atom is 0.226 e. The third-order valence-corrected chi connectivity index (χ3v) is 4.30. The topological polar surface area (TPSA) is 46.1 Å². The number of hydrogen-bond acceptors (Lipinski definition) is 5. The number of fused-ring (bicyclic) bond motifs is 1. The largest absolute Gasteiger partial charge is 0.340 e. The van der Waals surface area contributed by atoms with Gasteiger partial charge in [0.25, 0.3) is 0 Å². The predicted molar refractivity (Wildman–Crippen MR) is 73.0 cm³/mol. The van der Waals surface area contributed by atoms with Crippen LogP contribution in [0.15, 0.2) is 17.6 Å². The van der Waals surface area contributed by atoms with Crippen LogP contribution in [0.2, 0.25) is 0 Å².